The molecule has 0 fully saturated rings. The number of hydrogen-bond donors (Lipinski definition) is 0. The molecule has 6 heteroatoms. The summed E-state index contributed by atoms with van der Waals surface area (Å²) >= 11 is 1.48. The first-order chi connectivity index (χ1) is 12.0. The molecule has 2 aromatic heterocycles. The standard InChI is InChI=1S/C19H21N3O2S/c1-11-6-12(2)8-15(7-11)18-21-22-19(24-18)25-10-16-14(4)17(23-5)13(3)9-20-16/h6-9H,10H2,1-5H3. The molecule has 0 saturated carbocycles. The maximum Gasteiger partial charge on any atom is 0.277 e. The summed E-state index contributed by atoms with van der Waals surface area (Å²) in [5.41, 5.74) is 6.33. The number of pyridine rings is 1. The zero-order valence-electron chi connectivity index (χ0n) is 15.1. The van der Waals surface area contributed by atoms with Crippen molar-refractivity contribution in [2.24, 2.45) is 0 Å². The van der Waals surface area contributed by atoms with Gasteiger partial charge < -0.3 is 9.15 Å². The predicted octanol–water partition coefficient (Wildman–Crippen LogP) is 4.67. The van der Waals surface area contributed by atoms with Crippen molar-refractivity contribution in [3.8, 4) is 17.2 Å². The van der Waals surface area contributed by atoms with Crippen LogP contribution >= 0.6 is 11.8 Å². The monoisotopic (exact) mass is 355 g/mol. The van der Waals surface area contributed by atoms with Crippen molar-refractivity contribution >= 4 is 11.8 Å². The van der Waals surface area contributed by atoms with Gasteiger partial charge in [0, 0.05) is 28.6 Å². The van der Waals surface area contributed by atoms with E-state index in [4.69, 9.17) is 9.15 Å². The third-order valence-electron chi connectivity index (χ3n) is 3.96. The molecule has 5 nitrogen and oxygen atoms in total. The van der Waals surface area contributed by atoms with Crippen LogP contribution in [0.25, 0.3) is 11.5 Å². The van der Waals surface area contributed by atoms with Crippen LogP contribution < -0.4 is 4.74 Å². The number of ether oxygens (including phenoxy) is 1. The van der Waals surface area contributed by atoms with Gasteiger partial charge in [-0.15, -0.1) is 10.2 Å². The van der Waals surface area contributed by atoms with Crippen molar-refractivity contribution < 1.29 is 9.15 Å². The Kier molecular flexibility index (Phi) is 5.08. The van der Waals surface area contributed by atoms with Crippen LogP contribution in [-0.4, -0.2) is 22.3 Å². The zero-order valence-corrected chi connectivity index (χ0v) is 15.9. The number of hydrogen-bond acceptors (Lipinski definition) is 6. The van der Waals surface area contributed by atoms with Crippen molar-refractivity contribution in [1.82, 2.24) is 15.2 Å². The Morgan fingerprint density at radius 2 is 1.76 bits per heavy atom. The second-order valence-electron chi connectivity index (χ2n) is 6.08. The molecule has 0 unspecified atom stereocenters. The van der Waals surface area contributed by atoms with Gasteiger partial charge in [-0.1, -0.05) is 29.0 Å². The van der Waals surface area contributed by atoms with Crippen LogP contribution in [0.5, 0.6) is 5.75 Å². The van der Waals surface area contributed by atoms with E-state index in [1.807, 2.05) is 32.2 Å². The average molecular weight is 355 g/mol. The van der Waals surface area contributed by atoms with Gasteiger partial charge in [-0.3, -0.25) is 4.98 Å². The van der Waals surface area contributed by atoms with Crippen LogP contribution in [0.15, 0.2) is 34.0 Å². The molecule has 3 rings (SSSR count). The quantitative estimate of drug-likeness (QED) is 0.620. The minimum Gasteiger partial charge on any atom is -0.496 e. The highest BCUT2D eigenvalue weighted by Gasteiger charge is 2.13. The van der Waals surface area contributed by atoms with Gasteiger partial charge >= 0.3 is 0 Å². The summed E-state index contributed by atoms with van der Waals surface area (Å²) in [4.78, 5) is 4.50. The van der Waals surface area contributed by atoms with Gasteiger partial charge in [0.1, 0.15) is 5.75 Å². The zero-order chi connectivity index (χ0) is 18.0. The first-order valence-corrected chi connectivity index (χ1v) is 9.00. The molecule has 130 valence electrons. The molecule has 25 heavy (non-hydrogen) atoms. The van der Waals surface area contributed by atoms with Gasteiger partial charge in [0.25, 0.3) is 5.22 Å². The van der Waals surface area contributed by atoms with E-state index in [9.17, 15) is 0 Å². The van der Waals surface area contributed by atoms with Crippen LogP contribution in [0.4, 0.5) is 0 Å². The van der Waals surface area contributed by atoms with E-state index < -0.39 is 0 Å². The van der Waals surface area contributed by atoms with Gasteiger partial charge in [-0.05, 0) is 39.8 Å². The van der Waals surface area contributed by atoms with E-state index in [2.05, 4.69) is 35.1 Å². The fraction of sp³-hybridized carbons (Fsp3) is 0.316. The molecule has 0 atom stereocenters. The van der Waals surface area contributed by atoms with Gasteiger partial charge in [0.05, 0.1) is 12.8 Å². The topological polar surface area (TPSA) is 61.0 Å². The highest BCUT2D eigenvalue weighted by Crippen LogP contribution is 2.30. The Balaban J connectivity index is 1.76. The first kappa shape index (κ1) is 17.5. The Bertz CT molecular complexity index is 885. The molecule has 2 heterocycles. The Morgan fingerprint density at radius 3 is 2.44 bits per heavy atom. The molecular formula is C19H21N3O2S. The van der Waals surface area contributed by atoms with Crippen LogP contribution in [0.2, 0.25) is 0 Å². The van der Waals surface area contributed by atoms with Crippen LogP contribution in [-0.2, 0) is 5.75 Å². The number of rotatable bonds is 5. The third kappa shape index (κ3) is 3.85. The van der Waals surface area contributed by atoms with Crippen molar-refractivity contribution in [2.75, 3.05) is 7.11 Å². The summed E-state index contributed by atoms with van der Waals surface area (Å²) in [5.74, 6) is 2.07. The molecule has 0 aliphatic rings. The average Bonchev–Trinajstić information content (AvgIpc) is 3.03. The molecule has 0 spiro atoms. The summed E-state index contributed by atoms with van der Waals surface area (Å²) < 4.78 is 11.3. The normalized spacial score (nSPS) is 10.9. The largest absolute Gasteiger partial charge is 0.496 e. The lowest BCUT2D eigenvalue weighted by molar-refractivity contribution is 0.407. The Labute approximate surface area is 151 Å². The molecule has 1 aromatic carbocycles. The fourth-order valence-corrected chi connectivity index (χ4v) is 3.62. The highest BCUT2D eigenvalue weighted by molar-refractivity contribution is 7.98. The van der Waals surface area contributed by atoms with Gasteiger partial charge in [-0.25, -0.2) is 0 Å². The van der Waals surface area contributed by atoms with Crippen molar-refractivity contribution in [1.29, 1.82) is 0 Å². The number of aromatic nitrogens is 3. The second-order valence-corrected chi connectivity index (χ2v) is 7.01. The smallest absolute Gasteiger partial charge is 0.277 e. The molecule has 0 saturated heterocycles. The minimum atomic E-state index is 0.537. The SMILES string of the molecule is COc1c(C)cnc(CSc2nnc(-c3cc(C)cc(C)c3)o2)c1C. The maximum absolute atomic E-state index is 5.80. The Morgan fingerprint density at radius 1 is 1.04 bits per heavy atom. The van der Waals surface area contributed by atoms with Gasteiger partial charge in [0.15, 0.2) is 0 Å². The van der Waals surface area contributed by atoms with Crippen molar-refractivity contribution in [3.63, 3.8) is 0 Å². The summed E-state index contributed by atoms with van der Waals surface area (Å²) in [6.45, 7) is 8.12. The van der Waals surface area contributed by atoms with Crippen LogP contribution in [0.3, 0.4) is 0 Å². The third-order valence-corrected chi connectivity index (χ3v) is 4.79. The molecule has 0 N–H and O–H groups in total. The van der Waals surface area contributed by atoms with Crippen molar-refractivity contribution in [3.05, 3.63) is 52.3 Å². The molecule has 0 bridgehead atoms. The number of thioether (sulfide) groups is 1. The summed E-state index contributed by atoms with van der Waals surface area (Å²) in [7, 11) is 1.68. The van der Waals surface area contributed by atoms with E-state index in [0.29, 0.717) is 16.9 Å². The number of aryl methyl sites for hydroxylation is 3. The second kappa shape index (κ2) is 7.27. The Hall–Kier alpha value is -2.34. The number of benzene rings is 1. The summed E-state index contributed by atoms with van der Waals surface area (Å²) in [6.07, 6.45) is 1.83. The van der Waals surface area contributed by atoms with Crippen molar-refractivity contribution in [2.45, 2.75) is 38.7 Å². The van der Waals surface area contributed by atoms with E-state index >= 15 is 0 Å². The molecule has 0 aliphatic heterocycles. The molecule has 0 aliphatic carbocycles. The number of methoxy groups -OCH3 is 1. The minimum absolute atomic E-state index is 0.537. The van der Waals surface area contributed by atoms with E-state index in [0.717, 1.165) is 28.1 Å². The maximum atomic E-state index is 5.80. The van der Waals surface area contributed by atoms with Gasteiger partial charge in [0.2, 0.25) is 5.89 Å². The molecule has 0 amide bonds. The van der Waals surface area contributed by atoms with E-state index in [1.54, 1.807) is 7.11 Å². The van der Waals surface area contributed by atoms with Crippen LogP contribution in [0.1, 0.15) is 27.9 Å². The van der Waals surface area contributed by atoms with E-state index in [1.165, 1.54) is 22.9 Å². The summed E-state index contributed by atoms with van der Waals surface area (Å²) in [6, 6.07) is 6.21. The fourth-order valence-electron chi connectivity index (χ4n) is 2.83. The van der Waals surface area contributed by atoms with E-state index in [-0.39, 0.29) is 0 Å². The van der Waals surface area contributed by atoms with Gasteiger partial charge in [-0.2, -0.15) is 0 Å². The number of nitrogens with zero attached hydrogens (tertiary/aromatic N) is 3. The molecule has 3 aromatic rings. The first-order valence-electron chi connectivity index (χ1n) is 8.02. The summed E-state index contributed by atoms with van der Waals surface area (Å²) in [5, 5.41) is 8.85. The molecular weight excluding hydrogens is 334 g/mol. The predicted molar refractivity (Wildman–Crippen MR) is 99.0 cm³/mol. The lowest BCUT2D eigenvalue weighted by Gasteiger charge is -2.11. The molecule has 0 radical (unpaired) electrons. The lowest BCUT2D eigenvalue weighted by Crippen LogP contribution is -1.98. The van der Waals surface area contributed by atoms with Crippen LogP contribution in [0, 0.1) is 27.7 Å². The lowest BCUT2D eigenvalue weighted by atomic mass is 10.1. The highest BCUT2D eigenvalue weighted by atomic mass is 32.2.